The molecule has 134 valence electrons. The molecular weight excluding hydrogens is 314 g/mol. The van der Waals surface area contributed by atoms with E-state index in [2.05, 4.69) is 29.2 Å². The molecule has 0 unspecified atom stereocenters. The standard InChI is InChI=1S/C20H27N3O2/c24-19-6-3-9-23(19)15-20(25)22-12-10-21(11-13-22)18-8-7-16-4-1-2-5-17(16)14-18/h1-2,4-5,18H,3,6-15H2/t18-/m1/s1. The van der Waals surface area contributed by atoms with Gasteiger partial charge >= 0.3 is 0 Å². The van der Waals surface area contributed by atoms with Crippen molar-refractivity contribution in [2.75, 3.05) is 39.3 Å². The second-order valence-electron chi connectivity index (χ2n) is 7.50. The first-order chi connectivity index (χ1) is 12.2. The fourth-order valence-electron chi connectivity index (χ4n) is 4.46. The number of nitrogens with zero attached hydrogens (tertiary/aromatic N) is 3. The van der Waals surface area contributed by atoms with Crippen molar-refractivity contribution in [2.45, 2.75) is 38.1 Å². The maximum absolute atomic E-state index is 12.5. The molecule has 0 bridgehead atoms. The summed E-state index contributed by atoms with van der Waals surface area (Å²) in [6, 6.07) is 9.38. The summed E-state index contributed by atoms with van der Waals surface area (Å²) in [5.74, 6) is 0.247. The Bertz CT molecular complexity index is 652. The van der Waals surface area contributed by atoms with Gasteiger partial charge in [0.05, 0.1) is 6.54 Å². The predicted molar refractivity (Wildman–Crippen MR) is 96.2 cm³/mol. The number of hydrogen-bond acceptors (Lipinski definition) is 3. The van der Waals surface area contributed by atoms with Crippen LogP contribution in [0.15, 0.2) is 24.3 Å². The van der Waals surface area contributed by atoms with E-state index in [-0.39, 0.29) is 18.4 Å². The van der Waals surface area contributed by atoms with Gasteiger partial charge in [0.2, 0.25) is 11.8 Å². The van der Waals surface area contributed by atoms with Crippen LogP contribution in [0.1, 0.15) is 30.4 Å². The lowest BCUT2D eigenvalue weighted by Crippen LogP contribution is -2.54. The molecule has 5 nitrogen and oxygen atoms in total. The molecule has 0 saturated carbocycles. The van der Waals surface area contributed by atoms with Crippen LogP contribution in [0.5, 0.6) is 0 Å². The third kappa shape index (κ3) is 3.56. The molecule has 1 aromatic carbocycles. The van der Waals surface area contributed by atoms with E-state index in [1.165, 1.54) is 17.5 Å². The topological polar surface area (TPSA) is 43.9 Å². The zero-order chi connectivity index (χ0) is 17.2. The van der Waals surface area contributed by atoms with E-state index in [4.69, 9.17) is 0 Å². The number of fused-ring (bicyclic) bond motifs is 1. The van der Waals surface area contributed by atoms with Crippen LogP contribution >= 0.6 is 0 Å². The SMILES string of the molecule is O=C(CN1CCCC1=O)N1CCN([C@@H]2CCc3ccccc3C2)CC1. The monoisotopic (exact) mass is 341 g/mol. The van der Waals surface area contributed by atoms with Gasteiger partial charge in [0.1, 0.15) is 0 Å². The van der Waals surface area contributed by atoms with Gasteiger partial charge in [-0.3, -0.25) is 14.5 Å². The summed E-state index contributed by atoms with van der Waals surface area (Å²) in [5, 5.41) is 0. The smallest absolute Gasteiger partial charge is 0.242 e. The van der Waals surface area contributed by atoms with Crippen LogP contribution in [-0.4, -0.2) is 71.8 Å². The quantitative estimate of drug-likeness (QED) is 0.833. The summed E-state index contributed by atoms with van der Waals surface area (Å²) in [6.45, 7) is 4.50. The molecule has 2 aliphatic heterocycles. The second kappa shape index (κ2) is 7.16. The number of likely N-dealkylation sites (tertiary alicyclic amines) is 1. The average molecular weight is 341 g/mol. The Morgan fingerprint density at radius 3 is 2.48 bits per heavy atom. The van der Waals surface area contributed by atoms with Crippen LogP contribution in [0.25, 0.3) is 0 Å². The molecule has 0 aromatic heterocycles. The maximum Gasteiger partial charge on any atom is 0.242 e. The Hall–Kier alpha value is -1.88. The zero-order valence-electron chi connectivity index (χ0n) is 14.8. The minimum atomic E-state index is 0.115. The number of carbonyl (C=O) groups is 2. The summed E-state index contributed by atoms with van der Waals surface area (Å²) < 4.78 is 0. The number of hydrogen-bond donors (Lipinski definition) is 0. The molecule has 1 aromatic rings. The molecule has 3 aliphatic rings. The molecule has 0 spiro atoms. The van der Waals surface area contributed by atoms with Crippen LogP contribution in [-0.2, 0) is 22.4 Å². The van der Waals surface area contributed by atoms with Crippen molar-refractivity contribution in [3.05, 3.63) is 35.4 Å². The third-order valence-electron chi connectivity index (χ3n) is 6.00. The van der Waals surface area contributed by atoms with E-state index in [1.807, 2.05) is 4.90 Å². The summed E-state index contributed by atoms with van der Waals surface area (Å²) in [4.78, 5) is 30.4. The van der Waals surface area contributed by atoms with Crippen molar-refractivity contribution in [2.24, 2.45) is 0 Å². The van der Waals surface area contributed by atoms with Crippen molar-refractivity contribution in [1.29, 1.82) is 0 Å². The summed E-state index contributed by atoms with van der Waals surface area (Å²) in [7, 11) is 0. The molecule has 2 fully saturated rings. The van der Waals surface area contributed by atoms with Crippen LogP contribution in [0.3, 0.4) is 0 Å². The summed E-state index contributed by atoms with van der Waals surface area (Å²) in [6.07, 6.45) is 5.00. The Kier molecular flexibility index (Phi) is 4.75. The van der Waals surface area contributed by atoms with Crippen molar-refractivity contribution in [3.8, 4) is 0 Å². The molecule has 0 N–H and O–H groups in total. The fourth-order valence-corrected chi connectivity index (χ4v) is 4.46. The van der Waals surface area contributed by atoms with E-state index >= 15 is 0 Å². The molecule has 2 heterocycles. The second-order valence-corrected chi connectivity index (χ2v) is 7.50. The van der Waals surface area contributed by atoms with Crippen LogP contribution in [0.2, 0.25) is 0 Å². The summed E-state index contributed by atoms with van der Waals surface area (Å²) >= 11 is 0. The lowest BCUT2D eigenvalue weighted by Gasteiger charge is -2.41. The highest BCUT2D eigenvalue weighted by Crippen LogP contribution is 2.25. The molecule has 2 amide bonds. The highest BCUT2D eigenvalue weighted by Gasteiger charge is 2.30. The number of amides is 2. The van der Waals surface area contributed by atoms with Crippen molar-refractivity contribution >= 4 is 11.8 Å². The van der Waals surface area contributed by atoms with Gasteiger partial charge in [-0.2, -0.15) is 0 Å². The number of benzene rings is 1. The first-order valence-electron chi connectivity index (χ1n) is 9.57. The van der Waals surface area contributed by atoms with Gasteiger partial charge in [-0.15, -0.1) is 0 Å². The van der Waals surface area contributed by atoms with Gasteiger partial charge in [0.15, 0.2) is 0 Å². The fraction of sp³-hybridized carbons (Fsp3) is 0.600. The van der Waals surface area contributed by atoms with Gasteiger partial charge in [0, 0.05) is 45.2 Å². The van der Waals surface area contributed by atoms with Crippen molar-refractivity contribution in [3.63, 3.8) is 0 Å². The predicted octanol–water partition coefficient (Wildman–Crippen LogP) is 1.31. The van der Waals surface area contributed by atoms with Gasteiger partial charge in [-0.25, -0.2) is 0 Å². The molecule has 1 aliphatic carbocycles. The lowest BCUT2D eigenvalue weighted by atomic mass is 9.87. The molecule has 4 rings (SSSR count). The van der Waals surface area contributed by atoms with Crippen molar-refractivity contribution < 1.29 is 9.59 Å². The number of rotatable bonds is 3. The maximum atomic E-state index is 12.5. The molecule has 0 radical (unpaired) electrons. The van der Waals surface area contributed by atoms with E-state index in [9.17, 15) is 9.59 Å². The zero-order valence-corrected chi connectivity index (χ0v) is 14.8. The number of aryl methyl sites for hydroxylation is 1. The number of carbonyl (C=O) groups excluding carboxylic acids is 2. The van der Waals surface area contributed by atoms with Gasteiger partial charge in [-0.05, 0) is 36.8 Å². The minimum absolute atomic E-state index is 0.115. The van der Waals surface area contributed by atoms with E-state index in [0.717, 1.165) is 52.0 Å². The van der Waals surface area contributed by atoms with E-state index < -0.39 is 0 Å². The Morgan fingerprint density at radius 2 is 1.76 bits per heavy atom. The first-order valence-corrected chi connectivity index (χ1v) is 9.57. The van der Waals surface area contributed by atoms with Gasteiger partial charge < -0.3 is 9.80 Å². The normalized spacial score (nSPS) is 24.5. The van der Waals surface area contributed by atoms with Gasteiger partial charge in [0.25, 0.3) is 0 Å². The molecule has 25 heavy (non-hydrogen) atoms. The highest BCUT2D eigenvalue weighted by molar-refractivity contribution is 5.85. The largest absolute Gasteiger partial charge is 0.339 e. The van der Waals surface area contributed by atoms with Crippen LogP contribution in [0.4, 0.5) is 0 Å². The number of piperazine rings is 1. The van der Waals surface area contributed by atoms with E-state index in [1.54, 1.807) is 4.90 Å². The van der Waals surface area contributed by atoms with Crippen molar-refractivity contribution in [1.82, 2.24) is 14.7 Å². The first kappa shape index (κ1) is 16.6. The molecule has 1 atom stereocenters. The average Bonchev–Trinajstić information content (AvgIpc) is 3.06. The lowest BCUT2D eigenvalue weighted by molar-refractivity contribution is -0.139. The molecular formula is C20H27N3O2. The third-order valence-corrected chi connectivity index (χ3v) is 6.00. The van der Waals surface area contributed by atoms with Gasteiger partial charge in [-0.1, -0.05) is 24.3 Å². The molecule has 2 saturated heterocycles. The highest BCUT2D eigenvalue weighted by atomic mass is 16.2. The van der Waals surface area contributed by atoms with Crippen LogP contribution < -0.4 is 0 Å². The Balaban J connectivity index is 1.28. The molecule has 5 heteroatoms. The minimum Gasteiger partial charge on any atom is -0.339 e. The van der Waals surface area contributed by atoms with Crippen LogP contribution in [0, 0.1) is 0 Å². The van der Waals surface area contributed by atoms with E-state index in [0.29, 0.717) is 12.5 Å². The Labute approximate surface area is 149 Å². The Morgan fingerprint density at radius 1 is 1.00 bits per heavy atom. The summed E-state index contributed by atoms with van der Waals surface area (Å²) in [5.41, 5.74) is 2.99.